The number of imidazole rings is 1. The summed E-state index contributed by atoms with van der Waals surface area (Å²) >= 11 is 0. The number of ether oxygens (including phenoxy) is 3. The molecule has 0 radical (unpaired) electrons. The second-order valence-electron chi connectivity index (χ2n) is 8.24. The maximum absolute atomic E-state index is 12.6. The molecule has 0 saturated carbocycles. The van der Waals surface area contributed by atoms with Crippen molar-refractivity contribution in [3.05, 3.63) is 52.8 Å². The number of benzene rings is 1. The molecule has 4 atom stereocenters. The van der Waals surface area contributed by atoms with E-state index in [1.165, 1.54) is 24.8 Å². The monoisotopic (exact) mass is 462 g/mol. The molecular weight excluding hydrogens is 440 g/mol. The van der Waals surface area contributed by atoms with Crippen molar-refractivity contribution in [1.29, 1.82) is 0 Å². The standard InChI is InChI=1S/C20H22N4O7S/c1-11-4-6-12(7-5-11)32(26,27)28-8-13-15-16(31-20(2,3)30-15)19(29-13)24-10-23-14-17(24)21-9-22-18(14)25/h4-7,9-10,13,15-16,19H,8H2,1-3H3,(H,21,22,25)/t13-,15-,16-,19-/m1/s1. The first-order valence-electron chi connectivity index (χ1n) is 10.0. The quantitative estimate of drug-likeness (QED) is 0.556. The number of aromatic nitrogens is 4. The first-order chi connectivity index (χ1) is 15.1. The molecular formula is C20H22N4O7S. The van der Waals surface area contributed by atoms with E-state index in [-0.39, 0.29) is 22.6 Å². The van der Waals surface area contributed by atoms with Gasteiger partial charge in [0.05, 0.1) is 24.2 Å². The fourth-order valence-corrected chi connectivity index (χ4v) is 4.91. The van der Waals surface area contributed by atoms with Crippen LogP contribution in [0.5, 0.6) is 0 Å². The molecule has 2 saturated heterocycles. The molecule has 2 aliphatic heterocycles. The summed E-state index contributed by atoms with van der Waals surface area (Å²) in [6, 6.07) is 6.38. The van der Waals surface area contributed by atoms with E-state index in [4.69, 9.17) is 18.4 Å². The summed E-state index contributed by atoms with van der Waals surface area (Å²) in [6.07, 6.45) is 0.0558. The van der Waals surface area contributed by atoms with E-state index in [2.05, 4.69) is 15.0 Å². The molecule has 0 unspecified atom stereocenters. The molecule has 32 heavy (non-hydrogen) atoms. The maximum Gasteiger partial charge on any atom is 0.297 e. The van der Waals surface area contributed by atoms with Crippen LogP contribution in [0.2, 0.25) is 0 Å². The third-order valence-electron chi connectivity index (χ3n) is 5.46. The molecule has 0 bridgehead atoms. The van der Waals surface area contributed by atoms with Crippen molar-refractivity contribution < 1.29 is 26.8 Å². The number of rotatable bonds is 5. The van der Waals surface area contributed by atoms with E-state index >= 15 is 0 Å². The third kappa shape index (κ3) is 3.63. The fraction of sp³-hybridized carbons (Fsp3) is 0.450. The van der Waals surface area contributed by atoms with Crippen LogP contribution in [0, 0.1) is 6.92 Å². The van der Waals surface area contributed by atoms with E-state index in [1.807, 2.05) is 6.92 Å². The molecule has 2 fully saturated rings. The third-order valence-corrected chi connectivity index (χ3v) is 6.76. The largest absolute Gasteiger partial charge is 0.347 e. The molecule has 11 nitrogen and oxygen atoms in total. The van der Waals surface area contributed by atoms with Gasteiger partial charge in [0.25, 0.3) is 15.7 Å². The Bertz CT molecular complexity index is 1320. The van der Waals surface area contributed by atoms with E-state index in [0.717, 1.165) is 5.56 Å². The molecule has 0 aliphatic carbocycles. The van der Waals surface area contributed by atoms with Gasteiger partial charge in [-0.3, -0.25) is 13.5 Å². The Morgan fingerprint density at radius 1 is 1.16 bits per heavy atom. The van der Waals surface area contributed by atoms with E-state index in [1.54, 1.807) is 30.5 Å². The Morgan fingerprint density at radius 3 is 2.62 bits per heavy atom. The SMILES string of the molecule is Cc1ccc(S(=O)(=O)OC[C@H]2O[C@@H](n3cnc4c(=O)[nH]cnc43)[C@@H]3OC(C)(C)O[C@@H]32)cc1. The molecule has 1 N–H and O–H groups in total. The Balaban J connectivity index is 1.42. The van der Waals surface area contributed by atoms with Gasteiger partial charge in [0, 0.05) is 0 Å². The average molecular weight is 462 g/mol. The number of nitrogens with zero attached hydrogens (tertiary/aromatic N) is 3. The van der Waals surface area contributed by atoms with Crippen LogP contribution in [0.1, 0.15) is 25.6 Å². The first kappa shape index (κ1) is 21.2. The van der Waals surface area contributed by atoms with Crippen molar-refractivity contribution in [1.82, 2.24) is 19.5 Å². The number of aryl methyl sites for hydroxylation is 1. The number of fused-ring (bicyclic) bond motifs is 2. The molecule has 4 heterocycles. The predicted molar refractivity (Wildman–Crippen MR) is 110 cm³/mol. The van der Waals surface area contributed by atoms with Crippen LogP contribution in [0.25, 0.3) is 11.2 Å². The predicted octanol–water partition coefficient (Wildman–Crippen LogP) is 1.25. The van der Waals surface area contributed by atoms with Crippen LogP contribution in [0.4, 0.5) is 0 Å². The highest BCUT2D eigenvalue weighted by atomic mass is 32.2. The smallest absolute Gasteiger partial charge is 0.297 e. The Hall–Kier alpha value is -2.64. The summed E-state index contributed by atoms with van der Waals surface area (Å²) < 4.78 is 50.3. The van der Waals surface area contributed by atoms with Crippen LogP contribution in [0.15, 0.2) is 46.6 Å². The van der Waals surface area contributed by atoms with E-state index in [0.29, 0.717) is 5.65 Å². The van der Waals surface area contributed by atoms with Crippen LogP contribution >= 0.6 is 0 Å². The summed E-state index contributed by atoms with van der Waals surface area (Å²) in [5, 5.41) is 0. The number of aromatic amines is 1. The highest BCUT2D eigenvalue weighted by Gasteiger charge is 2.56. The van der Waals surface area contributed by atoms with Gasteiger partial charge in [-0.1, -0.05) is 17.7 Å². The zero-order valence-electron chi connectivity index (χ0n) is 17.6. The Kier molecular flexibility index (Phi) is 4.94. The maximum atomic E-state index is 12.6. The second-order valence-corrected chi connectivity index (χ2v) is 9.85. The van der Waals surface area contributed by atoms with Gasteiger partial charge in [-0.25, -0.2) is 9.97 Å². The lowest BCUT2D eigenvalue weighted by molar-refractivity contribution is -0.198. The van der Waals surface area contributed by atoms with Crippen molar-refractivity contribution in [3.8, 4) is 0 Å². The Labute approximate surface area is 183 Å². The fourth-order valence-electron chi connectivity index (χ4n) is 4.00. The van der Waals surface area contributed by atoms with Crippen molar-refractivity contribution in [2.24, 2.45) is 0 Å². The van der Waals surface area contributed by atoms with Gasteiger partial charge in [-0.15, -0.1) is 0 Å². The van der Waals surface area contributed by atoms with Gasteiger partial charge in [-0.2, -0.15) is 8.42 Å². The van der Waals surface area contributed by atoms with Gasteiger partial charge in [-0.05, 0) is 32.9 Å². The molecule has 5 rings (SSSR count). The van der Waals surface area contributed by atoms with Crippen molar-refractivity contribution >= 4 is 21.3 Å². The minimum Gasteiger partial charge on any atom is -0.347 e. The molecule has 0 spiro atoms. The van der Waals surface area contributed by atoms with Gasteiger partial charge < -0.3 is 19.2 Å². The first-order valence-corrected chi connectivity index (χ1v) is 11.4. The van der Waals surface area contributed by atoms with Gasteiger partial charge >= 0.3 is 0 Å². The van der Waals surface area contributed by atoms with E-state index in [9.17, 15) is 13.2 Å². The van der Waals surface area contributed by atoms with Gasteiger partial charge in [0.2, 0.25) is 0 Å². The highest BCUT2D eigenvalue weighted by Crippen LogP contribution is 2.43. The Morgan fingerprint density at radius 2 is 1.88 bits per heavy atom. The van der Waals surface area contributed by atoms with Crippen LogP contribution < -0.4 is 5.56 Å². The average Bonchev–Trinajstić information content (AvgIpc) is 3.38. The lowest BCUT2D eigenvalue weighted by Crippen LogP contribution is -2.33. The number of hydrogen-bond donors (Lipinski definition) is 1. The number of hydrogen-bond acceptors (Lipinski definition) is 9. The molecule has 3 aromatic rings. The zero-order valence-corrected chi connectivity index (χ0v) is 18.4. The topological polar surface area (TPSA) is 135 Å². The summed E-state index contributed by atoms with van der Waals surface area (Å²) in [5.74, 6) is -0.910. The lowest BCUT2D eigenvalue weighted by Gasteiger charge is -2.24. The van der Waals surface area contributed by atoms with Crippen molar-refractivity contribution in [2.45, 2.75) is 56.0 Å². The molecule has 0 amide bonds. The normalized spacial score (nSPS) is 27.1. The van der Waals surface area contributed by atoms with E-state index < -0.39 is 40.4 Å². The number of nitrogens with one attached hydrogen (secondary N) is 1. The summed E-state index contributed by atoms with van der Waals surface area (Å²) in [5.41, 5.74) is 1.04. The van der Waals surface area contributed by atoms with Crippen LogP contribution in [-0.2, 0) is 28.5 Å². The lowest BCUT2D eigenvalue weighted by atomic mass is 10.1. The zero-order chi connectivity index (χ0) is 22.7. The molecule has 12 heteroatoms. The summed E-state index contributed by atoms with van der Waals surface area (Å²) in [4.78, 5) is 22.9. The van der Waals surface area contributed by atoms with Crippen LogP contribution in [-0.4, -0.2) is 58.6 Å². The molecule has 2 aromatic heterocycles. The summed E-state index contributed by atoms with van der Waals surface area (Å²) in [6.45, 7) is 5.12. The molecule has 170 valence electrons. The molecule has 1 aromatic carbocycles. The van der Waals surface area contributed by atoms with Crippen molar-refractivity contribution in [2.75, 3.05) is 6.61 Å². The number of H-pyrrole nitrogens is 1. The highest BCUT2D eigenvalue weighted by molar-refractivity contribution is 7.86. The van der Waals surface area contributed by atoms with Crippen LogP contribution in [0.3, 0.4) is 0 Å². The summed E-state index contributed by atoms with van der Waals surface area (Å²) in [7, 11) is -3.99. The minimum absolute atomic E-state index is 0.0575. The van der Waals surface area contributed by atoms with Gasteiger partial charge in [0.1, 0.15) is 18.3 Å². The minimum atomic E-state index is -3.99. The van der Waals surface area contributed by atoms with Gasteiger partial charge in [0.15, 0.2) is 23.2 Å². The van der Waals surface area contributed by atoms with Crippen molar-refractivity contribution in [3.63, 3.8) is 0 Å². The molecule has 2 aliphatic rings. The second kappa shape index (κ2) is 7.46.